The maximum Gasteiger partial charge on any atom is 0.164 e. The SMILES string of the molecule is c1ccc(-c2cccc(-c3nc(-c4cccc(-c5ccccc5)c4)nc(-c4cccc5ccc6sc(-c7ccccc7)nc6c45)n3)c2)cc1. The first-order valence-corrected chi connectivity index (χ1v) is 17.0. The molecule has 0 aliphatic heterocycles. The molecule has 0 saturated heterocycles. The van der Waals surface area contributed by atoms with E-state index < -0.39 is 0 Å². The van der Waals surface area contributed by atoms with Crippen molar-refractivity contribution in [3.63, 3.8) is 0 Å². The lowest BCUT2D eigenvalue weighted by molar-refractivity contribution is 1.08. The van der Waals surface area contributed by atoms with Gasteiger partial charge in [-0.15, -0.1) is 11.3 Å². The predicted octanol–water partition coefficient (Wildman–Crippen LogP) is 11.6. The average Bonchev–Trinajstić information content (AvgIpc) is 3.64. The number of benzene rings is 7. The maximum absolute atomic E-state index is 5.20. The Morgan fingerprint density at radius 3 is 1.43 bits per heavy atom. The first-order chi connectivity index (χ1) is 24.3. The van der Waals surface area contributed by atoms with Crippen LogP contribution in [0.5, 0.6) is 0 Å². The van der Waals surface area contributed by atoms with Crippen molar-refractivity contribution in [1.29, 1.82) is 0 Å². The van der Waals surface area contributed by atoms with Gasteiger partial charge < -0.3 is 0 Å². The van der Waals surface area contributed by atoms with E-state index in [9.17, 15) is 0 Å². The van der Waals surface area contributed by atoms with E-state index in [0.717, 1.165) is 70.5 Å². The first-order valence-electron chi connectivity index (χ1n) is 16.2. The molecule has 4 nitrogen and oxygen atoms in total. The standard InChI is InChI=1S/C44H28N4S/c1-4-13-29(14-5-1)33-20-10-22-35(27-33)41-46-42(36-23-11-21-34(28-36)30-15-6-2-7-16-30)48-43(47-41)37-24-12-19-31-25-26-38-40(39(31)37)45-44(49-38)32-17-8-3-9-18-32/h1-28H. The first kappa shape index (κ1) is 28.9. The van der Waals surface area contributed by atoms with E-state index in [0.29, 0.717) is 17.5 Å². The summed E-state index contributed by atoms with van der Waals surface area (Å²) in [5.74, 6) is 1.85. The summed E-state index contributed by atoms with van der Waals surface area (Å²) in [7, 11) is 0. The molecule has 0 unspecified atom stereocenters. The summed E-state index contributed by atoms with van der Waals surface area (Å²) in [6.45, 7) is 0. The number of hydrogen-bond donors (Lipinski definition) is 0. The Bertz CT molecular complexity index is 2500. The van der Waals surface area contributed by atoms with E-state index in [1.165, 1.54) is 0 Å². The molecular formula is C44H28N4S. The van der Waals surface area contributed by atoms with Gasteiger partial charge in [-0.1, -0.05) is 152 Å². The van der Waals surface area contributed by atoms with Crippen molar-refractivity contribution in [2.75, 3.05) is 0 Å². The second kappa shape index (κ2) is 12.4. The van der Waals surface area contributed by atoms with Crippen LogP contribution in [-0.2, 0) is 0 Å². The minimum Gasteiger partial charge on any atom is -0.235 e. The number of fused-ring (bicyclic) bond motifs is 3. The van der Waals surface area contributed by atoms with Gasteiger partial charge in [0.15, 0.2) is 17.5 Å². The van der Waals surface area contributed by atoms with Crippen LogP contribution < -0.4 is 0 Å². The van der Waals surface area contributed by atoms with Gasteiger partial charge in [-0.2, -0.15) is 0 Å². The van der Waals surface area contributed by atoms with E-state index in [4.69, 9.17) is 19.9 Å². The van der Waals surface area contributed by atoms with Gasteiger partial charge in [0.2, 0.25) is 0 Å². The van der Waals surface area contributed by atoms with Gasteiger partial charge in [0.1, 0.15) is 5.01 Å². The van der Waals surface area contributed by atoms with Crippen molar-refractivity contribution >= 4 is 32.3 Å². The molecule has 0 amide bonds. The normalized spacial score (nSPS) is 11.3. The van der Waals surface area contributed by atoms with Crippen molar-refractivity contribution in [2.24, 2.45) is 0 Å². The molecule has 0 atom stereocenters. The molecule has 2 heterocycles. The molecule has 0 saturated carbocycles. The molecule has 2 aromatic heterocycles. The highest BCUT2D eigenvalue weighted by Crippen LogP contribution is 2.39. The summed E-state index contributed by atoms with van der Waals surface area (Å²) >= 11 is 1.70. The zero-order chi connectivity index (χ0) is 32.6. The summed E-state index contributed by atoms with van der Waals surface area (Å²) in [6, 6.07) is 58.7. The second-order valence-electron chi connectivity index (χ2n) is 11.9. The Morgan fingerprint density at radius 1 is 0.347 bits per heavy atom. The zero-order valence-corrected chi connectivity index (χ0v) is 27.2. The molecular weight excluding hydrogens is 617 g/mol. The Balaban J connectivity index is 1.27. The minimum atomic E-state index is 0.614. The van der Waals surface area contributed by atoms with Crippen LogP contribution in [-0.4, -0.2) is 19.9 Å². The van der Waals surface area contributed by atoms with Crippen LogP contribution in [0.25, 0.3) is 88.0 Å². The van der Waals surface area contributed by atoms with Gasteiger partial charge in [0.25, 0.3) is 0 Å². The summed E-state index contributed by atoms with van der Waals surface area (Å²) in [6.07, 6.45) is 0. The summed E-state index contributed by atoms with van der Waals surface area (Å²) in [5.41, 5.74) is 9.34. The lowest BCUT2D eigenvalue weighted by Crippen LogP contribution is -2.01. The van der Waals surface area contributed by atoms with E-state index in [1.807, 2.05) is 18.2 Å². The number of thiazole rings is 1. The van der Waals surface area contributed by atoms with Gasteiger partial charge in [-0.05, 0) is 45.8 Å². The molecule has 7 aromatic carbocycles. The van der Waals surface area contributed by atoms with E-state index in [2.05, 4.69) is 152 Å². The molecule has 0 fully saturated rings. The maximum atomic E-state index is 5.20. The second-order valence-corrected chi connectivity index (χ2v) is 12.9. The third-order valence-corrected chi connectivity index (χ3v) is 9.82. The fourth-order valence-corrected chi connectivity index (χ4v) is 7.32. The van der Waals surface area contributed by atoms with Crippen LogP contribution in [0.4, 0.5) is 0 Å². The van der Waals surface area contributed by atoms with Gasteiger partial charge in [-0.25, -0.2) is 19.9 Å². The lowest BCUT2D eigenvalue weighted by Gasteiger charge is -2.12. The van der Waals surface area contributed by atoms with Crippen LogP contribution in [0.1, 0.15) is 0 Å². The molecule has 9 rings (SSSR count). The van der Waals surface area contributed by atoms with Crippen molar-refractivity contribution in [1.82, 2.24) is 19.9 Å². The number of rotatable bonds is 6. The summed E-state index contributed by atoms with van der Waals surface area (Å²) < 4.78 is 1.12. The topological polar surface area (TPSA) is 51.6 Å². The van der Waals surface area contributed by atoms with Crippen LogP contribution in [0.3, 0.4) is 0 Å². The highest BCUT2D eigenvalue weighted by atomic mass is 32.1. The van der Waals surface area contributed by atoms with Gasteiger partial charge in [0.05, 0.1) is 10.2 Å². The third kappa shape index (κ3) is 5.56. The fourth-order valence-electron chi connectivity index (χ4n) is 6.34. The van der Waals surface area contributed by atoms with Crippen molar-refractivity contribution in [2.45, 2.75) is 0 Å². The molecule has 0 radical (unpaired) electrons. The van der Waals surface area contributed by atoms with E-state index >= 15 is 0 Å². The lowest BCUT2D eigenvalue weighted by atomic mass is 10.0. The van der Waals surface area contributed by atoms with Crippen molar-refractivity contribution < 1.29 is 0 Å². The monoisotopic (exact) mass is 644 g/mol. The quantitative estimate of drug-likeness (QED) is 0.181. The highest BCUT2D eigenvalue weighted by molar-refractivity contribution is 7.21. The van der Waals surface area contributed by atoms with Crippen LogP contribution in [0.2, 0.25) is 0 Å². The van der Waals surface area contributed by atoms with E-state index in [1.54, 1.807) is 11.3 Å². The fraction of sp³-hybridized carbons (Fsp3) is 0. The van der Waals surface area contributed by atoms with Gasteiger partial charge in [0, 0.05) is 27.6 Å². The molecule has 0 bridgehead atoms. The Morgan fingerprint density at radius 2 is 0.837 bits per heavy atom. The summed E-state index contributed by atoms with van der Waals surface area (Å²) in [4.78, 5) is 20.7. The smallest absolute Gasteiger partial charge is 0.164 e. The number of hydrogen-bond acceptors (Lipinski definition) is 5. The third-order valence-electron chi connectivity index (χ3n) is 8.75. The van der Waals surface area contributed by atoms with Crippen LogP contribution in [0, 0.1) is 0 Å². The molecule has 0 spiro atoms. The minimum absolute atomic E-state index is 0.614. The Hall–Kier alpha value is -6.30. The van der Waals surface area contributed by atoms with Gasteiger partial charge in [-0.3, -0.25) is 0 Å². The highest BCUT2D eigenvalue weighted by Gasteiger charge is 2.18. The van der Waals surface area contributed by atoms with Gasteiger partial charge >= 0.3 is 0 Å². The van der Waals surface area contributed by atoms with Crippen LogP contribution in [0.15, 0.2) is 170 Å². The molecule has 0 aliphatic rings. The largest absolute Gasteiger partial charge is 0.235 e. The molecule has 0 N–H and O–H groups in total. The average molecular weight is 645 g/mol. The predicted molar refractivity (Wildman–Crippen MR) is 203 cm³/mol. The van der Waals surface area contributed by atoms with E-state index in [-0.39, 0.29) is 0 Å². The molecule has 9 aromatic rings. The Kier molecular flexibility index (Phi) is 7.30. The molecule has 5 heteroatoms. The number of aromatic nitrogens is 4. The number of nitrogens with zero attached hydrogens (tertiary/aromatic N) is 4. The Labute approximate surface area is 288 Å². The summed E-state index contributed by atoms with van der Waals surface area (Å²) in [5, 5.41) is 3.12. The molecule has 0 aliphatic carbocycles. The molecule has 230 valence electrons. The zero-order valence-electron chi connectivity index (χ0n) is 26.4. The van der Waals surface area contributed by atoms with Crippen LogP contribution >= 0.6 is 11.3 Å². The van der Waals surface area contributed by atoms with Crippen molar-refractivity contribution in [3.05, 3.63) is 170 Å². The van der Waals surface area contributed by atoms with Crippen molar-refractivity contribution in [3.8, 4) is 67.0 Å². The molecule has 49 heavy (non-hydrogen) atoms.